The molecule has 4 heterocycles. The quantitative estimate of drug-likeness (QED) is 0.0742. The highest BCUT2D eigenvalue weighted by molar-refractivity contribution is 7.78. The van der Waals surface area contributed by atoms with Crippen molar-refractivity contribution in [2.75, 3.05) is 18.8 Å². The van der Waals surface area contributed by atoms with Gasteiger partial charge in [-0.15, -0.1) is 11.3 Å². The molecule has 6 N–H and O–H groups in total. The number of carboxylic acid groups (broad SMARTS) is 1. The predicted octanol–water partition coefficient (Wildman–Crippen LogP) is -1.19. The number of hydrogen-bond donors (Lipinski definition) is 5. The molecule has 39 heavy (non-hydrogen) atoms. The molecule has 1 saturated carbocycles. The molecule has 2 atom stereocenters. The van der Waals surface area contributed by atoms with E-state index in [-0.39, 0.29) is 42.5 Å². The molecule has 2 aliphatic heterocycles. The van der Waals surface area contributed by atoms with Crippen molar-refractivity contribution in [2.24, 2.45) is 15.9 Å². The summed E-state index contributed by atoms with van der Waals surface area (Å²) in [7, 11) is 0. The minimum atomic E-state index is -1.48. The first-order chi connectivity index (χ1) is 18.7. The molecule has 1 aliphatic carbocycles. The molecule has 2 aromatic heterocycles. The van der Waals surface area contributed by atoms with Crippen molar-refractivity contribution in [3.05, 3.63) is 23.0 Å². The zero-order valence-electron chi connectivity index (χ0n) is 20.6. The summed E-state index contributed by atoms with van der Waals surface area (Å²) in [6.45, 7) is 2.17. The van der Waals surface area contributed by atoms with Crippen LogP contribution in [-0.4, -0.2) is 94.5 Å². The Kier molecular flexibility index (Phi) is 7.30. The number of hydrogen-bond acceptors (Lipinski definition) is 12. The van der Waals surface area contributed by atoms with E-state index in [9.17, 15) is 19.5 Å². The van der Waals surface area contributed by atoms with Crippen LogP contribution in [-0.2, 0) is 32.3 Å². The van der Waals surface area contributed by atoms with Gasteiger partial charge in [0.1, 0.15) is 17.4 Å². The van der Waals surface area contributed by atoms with E-state index >= 15 is 0 Å². The van der Waals surface area contributed by atoms with Crippen LogP contribution in [0.4, 0.5) is 5.13 Å². The van der Waals surface area contributed by atoms with Crippen molar-refractivity contribution >= 4 is 58.7 Å². The number of nitrogens with zero attached hydrogens (tertiary/aromatic N) is 8. The first-order valence-electron chi connectivity index (χ1n) is 12.1. The van der Waals surface area contributed by atoms with Gasteiger partial charge in [0.25, 0.3) is 11.8 Å². The maximum atomic E-state index is 13.2. The number of carbonyl (C=O) groups is 3. The second-order valence-corrected chi connectivity index (χ2v) is 10.7. The number of oxime groups is 1. The molecule has 2 saturated heterocycles. The number of anilines is 1. The number of thiol groups is 1. The number of guanidine groups is 1. The molecule has 2 unspecified atom stereocenters. The Morgan fingerprint density at radius 2 is 2.08 bits per heavy atom. The van der Waals surface area contributed by atoms with Crippen LogP contribution in [0, 0.1) is 0 Å². The monoisotopic (exact) mass is 577 g/mol. The first-order valence-corrected chi connectivity index (χ1v) is 13.4. The molecule has 208 valence electrons. The zero-order chi connectivity index (χ0) is 27.7. The molecule has 0 radical (unpaired) electrons. The first kappa shape index (κ1) is 26.7. The minimum absolute atomic E-state index is 0.0920. The van der Waals surface area contributed by atoms with Crippen LogP contribution < -0.4 is 16.8 Å². The van der Waals surface area contributed by atoms with E-state index in [4.69, 9.17) is 16.3 Å². The summed E-state index contributed by atoms with van der Waals surface area (Å²) in [5.41, 5.74) is 10.7. The average molecular weight is 578 g/mol. The predicted molar refractivity (Wildman–Crippen MR) is 141 cm³/mol. The van der Waals surface area contributed by atoms with Gasteiger partial charge in [-0.2, -0.15) is 15.0 Å². The average Bonchev–Trinajstić information content (AvgIpc) is 3.28. The highest BCUT2D eigenvalue weighted by Crippen LogP contribution is 2.40. The Labute approximate surface area is 231 Å². The lowest BCUT2D eigenvalue weighted by Gasteiger charge is -2.43. The summed E-state index contributed by atoms with van der Waals surface area (Å²) in [6.07, 6.45) is 4.25. The number of likely N-dealkylation sites (tertiary alicyclic amines) is 1. The van der Waals surface area contributed by atoms with Crippen molar-refractivity contribution in [3.8, 4) is 0 Å². The topological polar surface area (TPSA) is 220 Å². The van der Waals surface area contributed by atoms with Crippen LogP contribution in [0.2, 0.25) is 0 Å². The van der Waals surface area contributed by atoms with E-state index in [0.717, 1.165) is 37.3 Å². The summed E-state index contributed by atoms with van der Waals surface area (Å²) in [5, 5.41) is 26.0. The van der Waals surface area contributed by atoms with E-state index in [2.05, 4.69) is 43.5 Å². The number of nitrogens with one attached hydrogen (secondary N) is 1. The molecule has 2 aromatic rings. The normalized spacial score (nSPS) is 22.5. The lowest BCUT2D eigenvalue weighted by Crippen LogP contribution is -2.69. The SMILES string of the molecule is NC(=NCc1cnn(CC2C(NC(=O)/C(=N\OC3(C(=O)O)CC3)c3csc(N)n3)C(=O)N2S)n1)N1CCCC1. The summed E-state index contributed by atoms with van der Waals surface area (Å²) in [4.78, 5) is 54.2. The number of amides is 2. The van der Waals surface area contributed by atoms with Crippen LogP contribution >= 0.6 is 24.2 Å². The number of β-lactam (4-membered cyclic amide) rings is 1. The van der Waals surface area contributed by atoms with Crippen LogP contribution in [0.3, 0.4) is 0 Å². The van der Waals surface area contributed by atoms with Crippen molar-refractivity contribution in [3.63, 3.8) is 0 Å². The van der Waals surface area contributed by atoms with E-state index in [0.29, 0.717) is 11.7 Å². The van der Waals surface area contributed by atoms with Gasteiger partial charge >= 0.3 is 5.97 Å². The maximum absolute atomic E-state index is 13.2. The number of carboxylic acids is 1. The lowest BCUT2D eigenvalue weighted by molar-refractivity contribution is -0.153. The lowest BCUT2D eigenvalue weighted by atomic mass is 9.98. The van der Waals surface area contributed by atoms with Crippen LogP contribution in [0.25, 0.3) is 0 Å². The largest absolute Gasteiger partial charge is 0.478 e. The molecular formula is C21H27N11O5S2. The van der Waals surface area contributed by atoms with Gasteiger partial charge in [0.15, 0.2) is 16.8 Å². The molecule has 3 aliphatic rings. The summed E-state index contributed by atoms with van der Waals surface area (Å²) in [6, 6.07) is -1.55. The second kappa shape index (κ2) is 10.7. The number of aliphatic imine (C=N–C) groups is 1. The number of aromatic nitrogens is 4. The smallest absolute Gasteiger partial charge is 0.350 e. The van der Waals surface area contributed by atoms with Crippen molar-refractivity contribution in [2.45, 2.75) is 56.5 Å². The molecule has 2 amide bonds. The second-order valence-electron chi connectivity index (χ2n) is 9.36. The molecule has 16 nitrogen and oxygen atoms in total. The van der Waals surface area contributed by atoms with Gasteiger partial charge in [-0.05, 0) is 12.8 Å². The third-order valence-electron chi connectivity index (χ3n) is 6.63. The van der Waals surface area contributed by atoms with Crippen molar-refractivity contribution in [1.29, 1.82) is 0 Å². The van der Waals surface area contributed by atoms with Gasteiger partial charge in [-0.25, -0.2) is 14.8 Å². The summed E-state index contributed by atoms with van der Waals surface area (Å²) < 4.78 is 1.18. The highest BCUT2D eigenvalue weighted by Gasteiger charge is 2.55. The van der Waals surface area contributed by atoms with E-state index < -0.39 is 35.5 Å². The Morgan fingerprint density at radius 3 is 2.72 bits per heavy atom. The van der Waals surface area contributed by atoms with E-state index in [1.807, 2.05) is 4.90 Å². The van der Waals surface area contributed by atoms with E-state index in [1.54, 1.807) is 6.20 Å². The third kappa shape index (κ3) is 5.60. The fourth-order valence-electron chi connectivity index (χ4n) is 4.14. The number of nitrogens with two attached hydrogens (primary N) is 2. The fourth-order valence-corrected chi connectivity index (χ4v) is 5.02. The van der Waals surface area contributed by atoms with Gasteiger partial charge in [-0.3, -0.25) is 13.9 Å². The molecule has 0 spiro atoms. The third-order valence-corrected chi connectivity index (χ3v) is 7.80. The highest BCUT2D eigenvalue weighted by atomic mass is 32.1. The van der Waals surface area contributed by atoms with Crippen LogP contribution in [0.1, 0.15) is 37.1 Å². The molecular weight excluding hydrogens is 550 g/mol. The van der Waals surface area contributed by atoms with Gasteiger partial charge in [0, 0.05) is 31.3 Å². The number of thiazole rings is 1. The maximum Gasteiger partial charge on any atom is 0.350 e. The van der Waals surface area contributed by atoms with Crippen LogP contribution in [0.5, 0.6) is 0 Å². The van der Waals surface area contributed by atoms with Gasteiger partial charge in [-0.1, -0.05) is 18.0 Å². The summed E-state index contributed by atoms with van der Waals surface area (Å²) >= 11 is 5.29. The summed E-state index contributed by atoms with van der Waals surface area (Å²) in [5.74, 6) is -1.95. The van der Waals surface area contributed by atoms with E-state index in [1.165, 1.54) is 14.5 Å². The van der Waals surface area contributed by atoms with Crippen molar-refractivity contribution in [1.82, 2.24) is 34.5 Å². The molecule has 0 aromatic carbocycles. The zero-order valence-corrected chi connectivity index (χ0v) is 22.3. The molecule has 3 fully saturated rings. The molecule has 18 heteroatoms. The number of nitrogen functional groups attached to an aromatic ring is 1. The van der Waals surface area contributed by atoms with Crippen LogP contribution in [0.15, 0.2) is 21.7 Å². The van der Waals surface area contributed by atoms with Gasteiger partial charge in [0.2, 0.25) is 5.60 Å². The standard InChI is InChI=1S/C21H27N11O5S2/c22-19(30-5-1-2-6-30)24-7-11-8-25-31(28-11)9-13-15(17(34)32(13)38)27-16(33)14(12-10-39-20(23)26-12)29-37-21(3-4-21)18(35)36/h8,10,13,15,38H,1-7,9H2,(H2,22,24)(H2,23,26)(H,27,33)(H,35,36)/b29-14-. The minimum Gasteiger partial charge on any atom is -0.478 e. The number of carbonyl (C=O) groups excluding carboxylic acids is 2. The van der Waals surface area contributed by atoms with Crippen molar-refractivity contribution < 1.29 is 24.3 Å². The number of aliphatic carboxylic acids is 1. The Bertz CT molecular complexity index is 1330. The Hall–Kier alpha value is -3.93. The molecule has 5 rings (SSSR count). The van der Waals surface area contributed by atoms with Gasteiger partial charge < -0.3 is 31.6 Å². The van der Waals surface area contributed by atoms with Gasteiger partial charge in [0.05, 0.1) is 25.3 Å². The molecule has 0 bridgehead atoms. The Balaban J connectivity index is 1.24. The Morgan fingerprint density at radius 1 is 1.33 bits per heavy atom. The number of rotatable bonds is 10. The fraction of sp³-hybridized carbons (Fsp3) is 0.524.